The van der Waals surface area contributed by atoms with Crippen LogP contribution in [0.2, 0.25) is 0 Å². The Morgan fingerprint density at radius 1 is 0.829 bits per heavy atom. The molecule has 1 atom stereocenters. The number of unbranched alkanes of at least 4 members (excludes halogenated alkanes) is 3. The first-order valence-electron chi connectivity index (χ1n) is 15.4. The lowest BCUT2D eigenvalue weighted by Gasteiger charge is -2.31. The van der Waals surface area contributed by atoms with Crippen molar-refractivity contribution in [2.45, 2.75) is 117 Å². The summed E-state index contributed by atoms with van der Waals surface area (Å²) >= 11 is 0. The second-order valence-electron chi connectivity index (χ2n) is 13.5. The fraction of sp³-hybridized carbons (Fsp3) is 0.486. The standard InChI is InChI=1S/C37H52N2O2/c1-9-10-11-13-16-27(2)39(31-22-20-30(21-23-31)38-29-17-14-12-15-18-29)34(40)24-19-28-25-32(36(3,4)5)35(41)33(26-28)37(6,7)8/h12,14-15,17-18,20-23,25-27,38,41H,9-11,13,16,19,24H2,1-8H3. The highest BCUT2D eigenvalue weighted by Crippen LogP contribution is 2.40. The van der Waals surface area contributed by atoms with Crippen LogP contribution in [0.5, 0.6) is 5.75 Å². The molecule has 1 amide bonds. The van der Waals surface area contributed by atoms with Crippen molar-refractivity contribution in [1.82, 2.24) is 0 Å². The molecule has 41 heavy (non-hydrogen) atoms. The van der Waals surface area contributed by atoms with Gasteiger partial charge in [-0.25, -0.2) is 0 Å². The van der Waals surface area contributed by atoms with Crippen molar-refractivity contribution in [2.24, 2.45) is 0 Å². The van der Waals surface area contributed by atoms with Gasteiger partial charge in [0.2, 0.25) is 5.91 Å². The average molecular weight is 557 g/mol. The second kappa shape index (κ2) is 14.1. The Kier molecular flexibility index (Phi) is 11.1. The van der Waals surface area contributed by atoms with E-state index in [1.165, 1.54) is 19.3 Å². The van der Waals surface area contributed by atoms with E-state index in [1.54, 1.807) is 0 Å². The maximum atomic E-state index is 13.9. The number of aromatic hydroxyl groups is 1. The molecule has 0 aliphatic heterocycles. The topological polar surface area (TPSA) is 52.6 Å². The number of hydrogen-bond donors (Lipinski definition) is 2. The van der Waals surface area contributed by atoms with E-state index in [-0.39, 0.29) is 22.8 Å². The van der Waals surface area contributed by atoms with Gasteiger partial charge >= 0.3 is 0 Å². The normalized spacial score (nSPS) is 12.7. The van der Waals surface area contributed by atoms with Crippen LogP contribution in [0, 0.1) is 0 Å². The van der Waals surface area contributed by atoms with Crippen LogP contribution in [0.3, 0.4) is 0 Å². The highest BCUT2D eigenvalue weighted by atomic mass is 16.3. The van der Waals surface area contributed by atoms with E-state index < -0.39 is 0 Å². The number of phenolic OH excluding ortho intramolecular Hbond substituents is 1. The summed E-state index contributed by atoms with van der Waals surface area (Å²) in [5.74, 6) is 0.519. The lowest BCUT2D eigenvalue weighted by molar-refractivity contribution is -0.119. The number of aryl methyl sites for hydroxylation is 1. The van der Waals surface area contributed by atoms with E-state index in [0.717, 1.165) is 46.6 Å². The SMILES string of the molecule is CCCCCCC(C)N(C(=O)CCc1cc(C(C)(C)C)c(O)c(C(C)(C)C)c1)c1ccc(Nc2ccccc2)cc1. The van der Waals surface area contributed by atoms with Crippen LogP contribution >= 0.6 is 0 Å². The summed E-state index contributed by atoms with van der Waals surface area (Å²) in [7, 11) is 0. The van der Waals surface area contributed by atoms with Gasteiger partial charge in [-0.15, -0.1) is 0 Å². The van der Waals surface area contributed by atoms with Gasteiger partial charge in [-0.2, -0.15) is 0 Å². The zero-order valence-corrected chi connectivity index (χ0v) is 26.7. The molecule has 3 aromatic carbocycles. The monoisotopic (exact) mass is 556 g/mol. The minimum atomic E-state index is -0.196. The molecule has 3 rings (SSSR count). The molecule has 222 valence electrons. The second-order valence-corrected chi connectivity index (χ2v) is 13.5. The van der Waals surface area contributed by atoms with Gasteiger partial charge in [0.1, 0.15) is 5.75 Å². The molecular formula is C37H52N2O2. The number of nitrogens with zero attached hydrogens (tertiary/aromatic N) is 1. The first-order chi connectivity index (χ1) is 19.3. The molecule has 0 saturated heterocycles. The lowest BCUT2D eigenvalue weighted by atomic mass is 9.78. The van der Waals surface area contributed by atoms with E-state index >= 15 is 0 Å². The van der Waals surface area contributed by atoms with Gasteiger partial charge in [-0.1, -0.05) is 104 Å². The molecule has 0 aliphatic rings. The van der Waals surface area contributed by atoms with E-state index in [4.69, 9.17) is 0 Å². The highest BCUT2D eigenvalue weighted by Gasteiger charge is 2.27. The molecule has 1 unspecified atom stereocenters. The summed E-state index contributed by atoms with van der Waals surface area (Å²) in [6, 6.07) is 22.6. The molecule has 0 radical (unpaired) electrons. The molecule has 4 heteroatoms. The van der Waals surface area contributed by atoms with Crippen molar-refractivity contribution in [1.29, 1.82) is 0 Å². The van der Waals surface area contributed by atoms with E-state index in [0.29, 0.717) is 18.6 Å². The number of para-hydroxylation sites is 1. The quantitative estimate of drug-likeness (QED) is 0.218. The highest BCUT2D eigenvalue weighted by molar-refractivity contribution is 5.94. The van der Waals surface area contributed by atoms with E-state index in [9.17, 15) is 9.90 Å². The Morgan fingerprint density at radius 2 is 1.39 bits per heavy atom. The summed E-state index contributed by atoms with van der Waals surface area (Å²) in [6.07, 6.45) is 6.78. The Balaban J connectivity index is 1.84. The maximum absolute atomic E-state index is 13.9. The van der Waals surface area contributed by atoms with Crippen LogP contribution in [-0.4, -0.2) is 17.1 Å². The van der Waals surface area contributed by atoms with Crippen molar-refractivity contribution >= 4 is 23.0 Å². The first kappa shape index (κ1) is 32.2. The van der Waals surface area contributed by atoms with Crippen LogP contribution in [0.25, 0.3) is 0 Å². The zero-order valence-electron chi connectivity index (χ0n) is 26.7. The Labute approximate surface area is 249 Å². The van der Waals surface area contributed by atoms with Crippen LogP contribution in [0.1, 0.15) is 111 Å². The van der Waals surface area contributed by atoms with Crippen molar-refractivity contribution < 1.29 is 9.90 Å². The number of phenols is 1. The number of carbonyl (C=O) groups is 1. The van der Waals surface area contributed by atoms with E-state index in [1.807, 2.05) is 35.2 Å². The number of nitrogens with one attached hydrogen (secondary N) is 1. The molecule has 0 fully saturated rings. The zero-order chi connectivity index (χ0) is 30.2. The molecule has 0 heterocycles. The van der Waals surface area contributed by atoms with Crippen LogP contribution in [0.15, 0.2) is 66.7 Å². The fourth-order valence-corrected chi connectivity index (χ4v) is 5.39. The third-order valence-corrected chi connectivity index (χ3v) is 7.81. The van der Waals surface area contributed by atoms with Gasteiger partial charge in [0.15, 0.2) is 0 Å². The summed E-state index contributed by atoms with van der Waals surface area (Å²) in [4.78, 5) is 15.9. The molecule has 4 nitrogen and oxygen atoms in total. The molecule has 0 saturated carbocycles. The van der Waals surface area contributed by atoms with Gasteiger partial charge in [0.25, 0.3) is 0 Å². The van der Waals surface area contributed by atoms with Crippen LogP contribution < -0.4 is 10.2 Å². The third kappa shape index (κ3) is 9.11. The minimum absolute atomic E-state index is 0.113. The lowest BCUT2D eigenvalue weighted by Crippen LogP contribution is -2.39. The molecule has 0 aliphatic carbocycles. The van der Waals surface area contributed by atoms with Crippen molar-refractivity contribution in [3.8, 4) is 5.75 Å². The summed E-state index contributed by atoms with van der Waals surface area (Å²) in [5.41, 5.74) is 5.56. The Bertz CT molecular complexity index is 1220. The van der Waals surface area contributed by atoms with Gasteiger partial charge < -0.3 is 15.3 Å². The maximum Gasteiger partial charge on any atom is 0.227 e. The number of rotatable bonds is 12. The third-order valence-electron chi connectivity index (χ3n) is 7.81. The summed E-state index contributed by atoms with van der Waals surface area (Å²) in [5, 5.41) is 14.6. The smallest absolute Gasteiger partial charge is 0.227 e. The minimum Gasteiger partial charge on any atom is -0.507 e. The number of hydrogen-bond acceptors (Lipinski definition) is 3. The van der Waals surface area contributed by atoms with Gasteiger partial charge in [-0.05, 0) is 83.7 Å². The molecule has 0 bridgehead atoms. The van der Waals surface area contributed by atoms with Crippen molar-refractivity contribution in [3.63, 3.8) is 0 Å². The van der Waals surface area contributed by atoms with Gasteiger partial charge in [0.05, 0.1) is 0 Å². The fourth-order valence-electron chi connectivity index (χ4n) is 5.39. The number of anilines is 3. The summed E-state index contributed by atoms with van der Waals surface area (Å²) in [6.45, 7) is 17.2. The molecule has 0 spiro atoms. The average Bonchev–Trinajstić information content (AvgIpc) is 2.91. The van der Waals surface area contributed by atoms with Gasteiger partial charge in [-0.3, -0.25) is 4.79 Å². The number of benzene rings is 3. The largest absolute Gasteiger partial charge is 0.507 e. The number of amides is 1. The predicted molar refractivity (Wildman–Crippen MR) is 176 cm³/mol. The van der Waals surface area contributed by atoms with Crippen molar-refractivity contribution in [3.05, 3.63) is 83.4 Å². The van der Waals surface area contributed by atoms with Crippen LogP contribution in [-0.2, 0) is 22.0 Å². The van der Waals surface area contributed by atoms with Crippen molar-refractivity contribution in [2.75, 3.05) is 10.2 Å². The first-order valence-corrected chi connectivity index (χ1v) is 15.4. The number of carbonyl (C=O) groups excluding carboxylic acids is 1. The predicted octanol–water partition coefficient (Wildman–Crippen LogP) is 10.1. The van der Waals surface area contributed by atoms with E-state index in [2.05, 4.69) is 97.1 Å². The van der Waals surface area contributed by atoms with Gasteiger partial charge in [0, 0.05) is 29.5 Å². The molecule has 0 aromatic heterocycles. The molecule has 3 aromatic rings. The van der Waals surface area contributed by atoms with Crippen LogP contribution in [0.4, 0.5) is 17.1 Å². The summed E-state index contributed by atoms with van der Waals surface area (Å²) < 4.78 is 0. The molecular weight excluding hydrogens is 504 g/mol. The Morgan fingerprint density at radius 3 is 1.93 bits per heavy atom. The molecule has 2 N–H and O–H groups in total. The Hall–Kier alpha value is -3.27.